The molecular weight excluding hydrogens is 302 g/mol. The van der Waals surface area contributed by atoms with Gasteiger partial charge in [0.2, 0.25) is 0 Å². The van der Waals surface area contributed by atoms with Crippen LogP contribution in [0.1, 0.15) is 20.8 Å². The van der Waals surface area contributed by atoms with Crippen LogP contribution in [0, 0.1) is 0 Å². The first-order valence-electron chi connectivity index (χ1n) is 4.41. The Balaban J connectivity index is 4.54. The zero-order valence-corrected chi connectivity index (χ0v) is 11.6. The van der Waals surface area contributed by atoms with Gasteiger partial charge in [-0.15, -0.1) is 11.6 Å². The number of ether oxygens (including phenoxy) is 2. The van der Waals surface area contributed by atoms with Crippen LogP contribution in [-0.2, 0) is 9.47 Å². The molecule has 0 spiro atoms. The summed E-state index contributed by atoms with van der Waals surface area (Å²) in [5.41, 5.74) is -0.377. The fourth-order valence-corrected chi connectivity index (χ4v) is 3.11. The Bertz CT molecular complexity index is 138. The molecule has 0 aromatic heterocycles. The van der Waals surface area contributed by atoms with E-state index in [0.29, 0.717) is 16.4 Å². The van der Waals surface area contributed by atoms with Crippen molar-refractivity contribution < 1.29 is 9.47 Å². The standard InChI is InChI=1S/C9H18ClIO2/c1-5-13-8(3)9(6-10,12-4)7(2)11/h7-8H,5-6H2,1-4H3. The van der Waals surface area contributed by atoms with Gasteiger partial charge in [-0.2, -0.15) is 0 Å². The lowest BCUT2D eigenvalue weighted by atomic mass is 9.96. The van der Waals surface area contributed by atoms with Crippen LogP contribution >= 0.6 is 34.2 Å². The van der Waals surface area contributed by atoms with E-state index in [2.05, 4.69) is 29.5 Å². The molecule has 0 amide bonds. The highest BCUT2D eigenvalue weighted by Gasteiger charge is 2.40. The van der Waals surface area contributed by atoms with Gasteiger partial charge >= 0.3 is 0 Å². The average molecular weight is 321 g/mol. The van der Waals surface area contributed by atoms with Gasteiger partial charge in [-0.25, -0.2) is 0 Å². The predicted octanol–water partition coefficient (Wildman–Crippen LogP) is 2.86. The first-order chi connectivity index (χ1) is 6.05. The molecule has 4 heteroatoms. The minimum absolute atomic E-state index is 0.0203. The van der Waals surface area contributed by atoms with Crippen molar-refractivity contribution in [1.82, 2.24) is 0 Å². The molecule has 0 bridgehead atoms. The SMILES string of the molecule is CCOC(C)C(CCl)(OC)C(C)I. The van der Waals surface area contributed by atoms with E-state index in [9.17, 15) is 0 Å². The molecule has 13 heavy (non-hydrogen) atoms. The normalized spacial score (nSPS) is 20.8. The van der Waals surface area contributed by atoms with Crippen LogP contribution < -0.4 is 0 Å². The number of alkyl halides is 2. The van der Waals surface area contributed by atoms with Crippen molar-refractivity contribution >= 4 is 34.2 Å². The molecule has 2 nitrogen and oxygen atoms in total. The lowest BCUT2D eigenvalue weighted by Gasteiger charge is -2.38. The summed E-state index contributed by atoms with van der Waals surface area (Å²) in [6.45, 7) is 6.75. The third kappa shape index (κ3) is 3.22. The van der Waals surface area contributed by atoms with Gasteiger partial charge in [0.1, 0.15) is 5.60 Å². The van der Waals surface area contributed by atoms with Crippen molar-refractivity contribution in [1.29, 1.82) is 0 Å². The second-order valence-electron chi connectivity index (χ2n) is 3.01. The van der Waals surface area contributed by atoms with Crippen LogP contribution in [0.5, 0.6) is 0 Å². The lowest BCUT2D eigenvalue weighted by Crippen LogP contribution is -2.51. The maximum atomic E-state index is 5.94. The van der Waals surface area contributed by atoms with Crippen molar-refractivity contribution in [2.24, 2.45) is 0 Å². The summed E-state index contributed by atoms with van der Waals surface area (Å²) in [6, 6.07) is 0. The quantitative estimate of drug-likeness (QED) is 0.553. The summed E-state index contributed by atoms with van der Waals surface area (Å²) in [7, 11) is 1.69. The van der Waals surface area contributed by atoms with Crippen LogP contribution in [0.25, 0.3) is 0 Å². The van der Waals surface area contributed by atoms with E-state index >= 15 is 0 Å². The summed E-state index contributed by atoms with van der Waals surface area (Å²) in [4.78, 5) is 0. The van der Waals surface area contributed by atoms with Crippen LogP contribution in [0.3, 0.4) is 0 Å². The zero-order valence-electron chi connectivity index (χ0n) is 8.64. The maximum Gasteiger partial charge on any atom is 0.118 e. The van der Waals surface area contributed by atoms with Crippen molar-refractivity contribution in [2.75, 3.05) is 19.6 Å². The molecule has 0 radical (unpaired) electrons. The number of hydrogen-bond acceptors (Lipinski definition) is 2. The Morgan fingerprint density at radius 1 is 1.46 bits per heavy atom. The fourth-order valence-electron chi connectivity index (χ4n) is 1.31. The summed E-state index contributed by atoms with van der Waals surface area (Å²) < 4.78 is 11.3. The van der Waals surface area contributed by atoms with Gasteiger partial charge in [0.15, 0.2) is 0 Å². The van der Waals surface area contributed by atoms with Gasteiger partial charge in [-0.3, -0.25) is 0 Å². The molecule has 3 atom stereocenters. The average Bonchev–Trinajstić information content (AvgIpc) is 2.07. The number of methoxy groups -OCH3 is 1. The Morgan fingerprint density at radius 3 is 2.23 bits per heavy atom. The van der Waals surface area contributed by atoms with E-state index in [0.717, 1.165) is 0 Å². The molecule has 0 saturated heterocycles. The third-order valence-electron chi connectivity index (χ3n) is 2.37. The van der Waals surface area contributed by atoms with Crippen LogP contribution in [0.15, 0.2) is 0 Å². The van der Waals surface area contributed by atoms with E-state index < -0.39 is 0 Å². The highest BCUT2D eigenvalue weighted by Crippen LogP contribution is 2.29. The monoisotopic (exact) mass is 320 g/mol. The van der Waals surface area contributed by atoms with E-state index in [4.69, 9.17) is 21.1 Å². The molecule has 80 valence electrons. The summed E-state index contributed by atoms with van der Waals surface area (Å²) in [5.74, 6) is 0.453. The molecule has 3 unspecified atom stereocenters. The van der Waals surface area contributed by atoms with Gasteiger partial charge in [0.05, 0.1) is 12.0 Å². The zero-order chi connectivity index (χ0) is 10.5. The molecule has 0 heterocycles. The molecule has 0 saturated carbocycles. The minimum atomic E-state index is -0.377. The van der Waals surface area contributed by atoms with Gasteiger partial charge in [0.25, 0.3) is 0 Å². The Morgan fingerprint density at radius 2 is 2.00 bits per heavy atom. The van der Waals surface area contributed by atoms with E-state index in [-0.39, 0.29) is 11.7 Å². The van der Waals surface area contributed by atoms with Crippen molar-refractivity contribution in [3.8, 4) is 0 Å². The van der Waals surface area contributed by atoms with Gasteiger partial charge < -0.3 is 9.47 Å². The fraction of sp³-hybridized carbons (Fsp3) is 1.00. The Hall–Kier alpha value is 0.940. The lowest BCUT2D eigenvalue weighted by molar-refractivity contribution is -0.103. The maximum absolute atomic E-state index is 5.94. The molecule has 0 N–H and O–H groups in total. The number of hydrogen-bond donors (Lipinski definition) is 0. The van der Waals surface area contributed by atoms with Crippen molar-refractivity contribution in [3.63, 3.8) is 0 Å². The smallest absolute Gasteiger partial charge is 0.118 e. The topological polar surface area (TPSA) is 18.5 Å². The van der Waals surface area contributed by atoms with E-state index in [1.165, 1.54) is 0 Å². The molecule has 0 aliphatic carbocycles. The van der Waals surface area contributed by atoms with Crippen LogP contribution in [0.2, 0.25) is 0 Å². The van der Waals surface area contributed by atoms with Gasteiger partial charge in [0, 0.05) is 17.6 Å². The molecular formula is C9H18ClIO2. The first kappa shape index (κ1) is 13.9. The number of halogens is 2. The van der Waals surface area contributed by atoms with E-state index in [1.54, 1.807) is 7.11 Å². The summed E-state index contributed by atoms with van der Waals surface area (Å²) in [6.07, 6.45) is 0.0203. The third-order valence-corrected chi connectivity index (χ3v) is 3.84. The van der Waals surface area contributed by atoms with Crippen LogP contribution in [-0.4, -0.2) is 35.2 Å². The second-order valence-corrected chi connectivity index (χ2v) is 5.14. The second kappa shape index (κ2) is 6.43. The molecule has 0 aliphatic rings. The molecule has 0 aromatic rings. The molecule has 0 aromatic carbocycles. The summed E-state index contributed by atoms with van der Waals surface area (Å²) >= 11 is 8.26. The molecule has 0 rings (SSSR count). The Kier molecular flexibility index (Phi) is 6.89. The minimum Gasteiger partial charge on any atom is -0.376 e. The van der Waals surface area contributed by atoms with Gasteiger partial charge in [-0.1, -0.05) is 29.5 Å². The van der Waals surface area contributed by atoms with Crippen molar-refractivity contribution in [2.45, 2.75) is 36.4 Å². The molecule has 0 aliphatic heterocycles. The highest BCUT2D eigenvalue weighted by molar-refractivity contribution is 14.1. The first-order valence-corrected chi connectivity index (χ1v) is 6.20. The van der Waals surface area contributed by atoms with E-state index in [1.807, 2.05) is 13.8 Å². The molecule has 0 fully saturated rings. The van der Waals surface area contributed by atoms with Gasteiger partial charge in [-0.05, 0) is 13.8 Å². The van der Waals surface area contributed by atoms with Crippen molar-refractivity contribution in [3.05, 3.63) is 0 Å². The summed E-state index contributed by atoms with van der Waals surface area (Å²) in [5, 5.41) is 0. The predicted molar refractivity (Wildman–Crippen MR) is 65.0 cm³/mol. The largest absolute Gasteiger partial charge is 0.376 e. The van der Waals surface area contributed by atoms with Crippen LogP contribution in [0.4, 0.5) is 0 Å². The highest BCUT2D eigenvalue weighted by atomic mass is 127. The Labute approximate surface area is 99.5 Å². The number of rotatable bonds is 6.